The van der Waals surface area contributed by atoms with Crippen LogP contribution < -0.4 is 4.98 Å². The van der Waals surface area contributed by atoms with Crippen LogP contribution in [0.15, 0.2) is 79.1 Å². The Labute approximate surface area is 256 Å². The van der Waals surface area contributed by atoms with Crippen molar-refractivity contribution in [1.82, 2.24) is 9.97 Å². The Morgan fingerprint density at radius 1 is 0.950 bits per heavy atom. The van der Waals surface area contributed by atoms with Crippen LogP contribution in [0.1, 0.15) is 63.2 Å². The molecule has 6 rings (SSSR count). The van der Waals surface area contributed by atoms with Gasteiger partial charge in [0.25, 0.3) is 0 Å². The number of hydrogen-bond donors (Lipinski definition) is 0. The second kappa shape index (κ2) is 12.4. The maximum atomic E-state index is 10.4. The van der Waals surface area contributed by atoms with E-state index >= 15 is 0 Å². The van der Waals surface area contributed by atoms with Crippen molar-refractivity contribution in [3.63, 3.8) is 0 Å². The van der Waals surface area contributed by atoms with Gasteiger partial charge in [-0.3, -0.25) is 4.79 Å². The number of carbonyl (C=O) groups excluding carboxylic acids is 1. The molecule has 0 aliphatic heterocycles. The van der Waals surface area contributed by atoms with Gasteiger partial charge in [-0.1, -0.05) is 17.8 Å². The molecule has 207 valence electrons. The summed E-state index contributed by atoms with van der Waals surface area (Å²) in [4.78, 5) is 19.1. The van der Waals surface area contributed by atoms with Crippen molar-refractivity contribution in [2.24, 2.45) is 5.92 Å². The average Bonchev–Trinajstić information content (AvgIpc) is 3.57. The van der Waals surface area contributed by atoms with Crippen LogP contribution >= 0.6 is 0 Å². The Morgan fingerprint density at radius 2 is 1.68 bits per heavy atom. The number of Topliss-reactive ketones (excluding diaryl/α,β-unsaturated/α-hetero) is 1. The minimum absolute atomic E-state index is 0. The van der Waals surface area contributed by atoms with Gasteiger partial charge in [0, 0.05) is 20.1 Å². The zero-order chi connectivity index (χ0) is 27.7. The normalized spacial score (nSPS) is 11.5. The predicted octanol–water partition coefficient (Wildman–Crippen LogP) is 8.41. The molecule has 0 atom stereocenters. The molecule has 0 bridgehead atoms. The van der Waals surface area contributed by atoms with Gasteiger partial charge < -0.3 is 4.98 Å². The maximum absolute atomic E-state index is 10.4. The molecular formula is C35H34IrN2OSe-2. The van der Waals surface area contributed by atoms with E-state index in [2.05, 4.69) is 100 Å². The van der Waals surface area contributed by atoms with Crippen molar-refractivity contribution < 1.29 is 24.9 Å². The van der Waals surface area contributed by atoms with E-state index in [0.717, 1.165) is 17.7 Å². The van der Waals surface area contributed by atoms with Crippen molar-refractivity contribution in [3.05, 3.63) is 102 Å². The van der Waals surface area contributed by atoms with Crippen molar-refractivity contribution in [2.75, 3.05) is 0 Å². The molecule has 5 heteroatoms. The molecule has 0 saturated carbocycles. The van der Waals surface area contributed by atoms with Gasteiger partial charge in [0.1, 0.15) is 5.78 Å². The minimum atomic E-state index is 0. The zero-order valence-electron chi connectivity index (χ0n) is 23.8. The van der Waals surface area contributed by atoms with E-state index in [1.165, 1.54) is 43.9 Å². The van der Waals surface area contributed by atoms with E-state index in [0.29, 0.717) is 11.6 Å². The third-order valence-corrected chi connectivity index (χ3v) is 9.61. The molecule has 3 aromatic heterocycles. The number of benzene rings is 3. The van der Waals surface area contributed by atoms with Crippen LogP contribution in [0.3, 0.4) is 0 Å². The summed E-state index contributed by atoms with van der Waals surface area (Å²) < 4.78 is 2.96. The van der Waals surface area contributed by atoms with Crippen LogP contribution in [-0.2, 0) is 31.9 Å². The molecular weight excluding hydrogens is 736 g/mol. The number of ketones is 1. The Hall–Kier alpha value is -2.81. The Balaban J connectivity index is 0.000000356. The number of carbonyl (C=O) groups is 1. The summed E-state index contributed by atoms with van der Waals surface area (Å²) in [6.45, 7) is 13.0. The van der Waals surface area contributed by atoms with Gasteiger partial charge in [0.05, 0.1) is 0 Å². The first-order valence-electron chi connectivity index (χ1n) is 13.5. The summed E-state index contributed by atoms with van der Waals surface area (Å²) in [5, 5.41) is 5.24. The molecule has 0 saturated heterocycles. The molecule has 0 fully saturated rings. The summed E-state index contributed by atoms with van der Waals surface area (Å²) >= 11 is 0.265. The molecule has 0 aliphatic rings. The fraction of sp³-hybridized carbons (Fsp3) is 0.257. The van der Waals surface area contributed by atoms with Gasteiger partial charge in [-0.25, -0.2) is 0 Å². The summed E-state index contributed by atoms with van der Waals surface area (Å²) in [6.07, 6.45) is 4.73. The summed E-state index contributed by atoms with van der Waals surface area (Å²) in [5.74, 6) is 0.682. The molecule has 0 N–H and O–H groups in total. The van der Waals surface area contributed by atoms with Crippen LogP contribution in [0, 0.1) is 12.0 Å². The molecule has 3 heterocycles. The SMILES string of the molecule is CC(=O)c1ccc[n-]1.CC(C)Cc1cccc2c1[se]c1c(-c3[c-]c4ccccc4c(C(C)(C)C)c3)nccc12.[Ir]. The maximum Gasteiger partial charge on any atom is 0 e. The fourth-order valence-corrected chi connectivity index (χ4v) is 7.84. The van der Waals surface area contributed by atoms with E-state index in [1.807, 2.05) is 6.20 Å². The standard InChI is InChI=1S/C29H28NSe.C6H7NO.Ir/c1-18(2)15-20-10-8-12-23-24-13-14-30-26(28(24)31-27(20)23)21-16-19-9-6-7-11-22(19)25(17-21)29(3,4)5;1-5(8)6-3-2-4-7-6;/h6-14,17-18H,15H2,1-5H3;2-4H,1H3,(H,7,8);/q-1;;/p-1. The first-order chi connectivity index (χ1) is 18.6. The second-order valence-corrected chi connectivity index (χ2v) is 13.6. The molecule has 1 radical (unpaired) electrons. The number of fused-ring (bicyclic) bond motifs is 4. The summed E-state index contributed by atoms with van der Waals surface area (Å²) in [7, 11) is 0. The first kappa shape index (κ1) is 30.2. The minimum Gasteiger partial charge on any atom is 0 e. The van der Waals surface area contributed by atoms with Crippen LogP contribution in [0.2, 0.25) is 0 Å². The molecule has 0 aliphatic carbocycles. The summed E-state index contributed by atoms with van der Waals surface area (Å²) in [5.41, 5.74) is 5.71. The van der Waals surface area contributed by atoms with Crippen molar-refractivity contribution in [3.8, 4) is 11.3 Å². The van der Waals surface area contributed by atoms with Gasteiger partial charge >= 0.3 is 191 Å². The van der Waals surface area contributed by atoms with E-state index in [1.54, 1.807) is 22.6 Å². The zero-order valence-corrected chi connectivity index (χ0v) is 27.9. The molecule has 3 nitrogen and oxygen atoms in total. The van der Waals surface area contributed by atoms with Crippen molar-refractivity contribution in [2.45, 2.75) is 53.4 Å². The fourth-order valence-electron chi connectivity index (χ4n) is 5.06. The van der Waals surface area contributed by atoms with Crippen LogP contribution in [0.5, 0.6) is 0 Å². The molecule has 0 amide bonds. The largest absolute Gasteiger partial charge is 0 e. The Bertz CT molecular complexity index is 1780. The van der Waals surface area contributed by atoms with E-state index < -0.39 is 0 Å². The van der Waals surface area contributed by atoms with Gasteiger partial charge in [-0.05, 0) is 6.92 Å². The third kappa shape index (κ3) is 6.24. The number of rotatable bonds is 4. The van der Waals surface area contributed by atoms with Gasteiger partial charge in [0.2, 0.25) is 0 Å². The summed E-state index contributed by atoms with van der Waals surface area (Å²) in [6, 6.07) is 27.2. The number of pyridine rings is 1. The number of aromatic nitrogens is 2. The predicted molar refractivity (Wildman–Crippen MR) is 165 cm³/mol. The topological polar surface area (TPSA) is 44.1 Å². The average molecular weight is 770 g/mol. The van der Waals surface area contributed by atoms with Gasteiger partial charge in [-0.2, -0.15) is 6.20 Å². The molecule has 0 unspecified atom stereocenters. The first-order valence-corrected chi connectivity index (χ1v) is 15.2. The smallest absolute Gasteiger partial charge is 0 e. The van der Waals surface area contributed by atoms with Gasteiger partial charge in [0.15, 0.2) is 0 Å². The Morgan fingerprint density at radius 3 is 2.33 bits per heavy atom. The van der Waals surface area contributed by atoms with Crippen LogP contribution in [-0.4, -0.2) is 25.3 Å². The Kier molecular flexibility index (Phi) is 9.32. The van der Waals surface area contributed by atoms with Crippen LogP contribution in [0.4, 0.5) is 0 Å². The molecule has 6 aromatic rings. The van der Waals surface area contributed by atoms with E-state index in [-0.39, 0.29) is 45.8 Å². The van der Waals surface area contributed by atoms with Gasteiger partial charge in [-0.15, -0.1) is 0 Å². The van der Waals surface area contributed by atoms with Crippen LogP contribution in [0.25, 0.3) is 41.3 Å². The van der Waals surface area contributed by atoms with E-state index in [4.69, 9.17) is 4.98 Å². The molecule has 3 aromatic carbocycles. The molecule has 0 spiro atoms. The quantitative estimate of drug-likeness (QED) is 0.103. The molecule has 40 heavy (non-hydrogen) atoms. The number of hydrogen-bond acceptors (Lipinski definition) is 2. The second-order valence-electron chi connectivity index (χ2n) is 11.5. The third-order valence-electron chi connectivity index (χ3n) is 6.88. The van der Waals surface area contributed by atoms with Crippen molar-refractivity contribution in [1.29, 1.82) is 0 Å². The number of nitrogens with zero attached hydrogens (tertiary/aromatic N) is 2. The van der Waals surface area contributed by atoms with E-state index in [9.17, 15) is 4.79 Å². The monoisotopic (exact) mass is 771 g/mol. The van der Waals surface area contributed by atoms with Crippen molar-refractivity contribution >= 4 is 50.4 Å².